The Hall–Kier alpha value is -4.26. The molecule has 3 rings (SSSR count). The molecule has 0 heterocycles. The molecule has 0 aromatic heterocycles. The van der Waals surface area contributed by atoms with Gasteiger partial charge in [0.15, 0.2) is 0 Å². The Kier molecular flexibility index (Phi) is 9.31. The van der Waals surface area contributed by atoms with Gasteiger partial charge in [0, 0.05) is 17.5 Å². The van der Waals surface area contributed by atoms with Crippen LogP contribution in [0.3, 0.4) is 0 Å². The fraction of sp³-hybridized carbons (Fsp3) is 0.214. The number of nitrogen functional groups attached to an aromatic ring is 2. The van der Waals surface area contributed by atoms with Crippen LogP contribution in [0.2, 0.25) is 0 Å². The number of carbonyl (C=O) groups excluding carboxylic acids is 2. The van der Waals surface area contributed by atoms with Crippen molar-refractivity contribution in [3.05, 3.63) is 89.5 Å². The average Bonchev–Trinajstić information content (AvgIpc) is 2.85. The van der Waals surface area contributed by atoms with Gasteiger partial charge in [-0.1, -0.05) is 31.9 Å². The van der Waals surface area contributed by atoms with Crippen LogP contribution in [-0.4, -0.2) is 18.5 Å². The van der Waals surface area contributed by atoms with Crippen LogP contribution >= 0.6 is 0 Å². The van der Waals surface area contributed by atoms with Crippen molar-refractivity contribution < 1.29 is 23.8 Å². The Balaban J connectivity index is 1.47. The Morgan fingerprint density at radius 1 is 0.857 bits per heavy atom. The number of anilines is 2. The van der Waals surface area contributed by atoms with Crippen LogP contribution < -0.4 is 20.9 Å². The molecule has 0 aliphatic carbocycles. The van der Waals surface area contributed by atoms with Gasteiger partial charge in [0.25, 0.3) is 0 Å². The first kappa shape index (κ1) is 25.4. The minimum Gasteiger partial charge on any atom is -0.494 e. The molecule has 0 atom stereocenters. The van der Waals surface area contributed by atoms with Gasteiger partial charge in [-0.25, -0.2) is 9.59 Å². The first-order valence-electron chi connectivity index (χ1n) is 11.5. The van der Waals surface area contributed by atoms with Gasteiger partial charge < -0.3 is 25.7 Å². The van der Waals surface area contributed by atoms with Gasteiger partial charge in [-0.3, -0.25) is 0 Å². The molecule has 3 aromatic carbocycles. The van der Waals surface area contributed by atoms with E-state index in [4.69, 9.17) is 25.7 Å². The van der Waals surface area contributed by atoms with Gasteiger partial charge in [-0.2, -0.15) is 0 Å². The molecule has 0 spiro atoms. The fourth-order valence-electron chi connectivity index (χ4n) is 3.24. The van der Waals surface area contributed by atoms with E-state index < -0.39 is 11.9 Å². The van der Waals surface area contributed by atoms with Gasteiger partial charge in [0.1, 0.15) is 18.1 Å². The predicted octanol–water partition coefficient (Wildman–Crippen LogP) is 5.40. The summed E-state index contributed by atoms with van der Waals surface area (Å²) in [4.78, 5) is 24.4. The largest absolute Gasteiger partial charge is 0.494 e. The number of hydrogen-bond donors (Lipinski definition) is 2. The number of hydrogen-bond acceptors (Lipinski definition) is 7. The van der Waals surface area contributed by atoms with E-state index in [-0.39, 0.29) is 6.61 Å². The van der Waals surface area contributed by atoms with E-state index in [9.17, 15) is 9.59 Å². The number of esters is 2. The zero-order valence-corrected chi connectivity index (χ0v) is 19.7. The number of carbonyl (C=O) groups is 2. The second-order valence-electron chi connectivity index (χ2n) is 7.99. The monoisotopic (exact) mass is 474 g/mol. The van der Waals surface area contributed by atoms with Crippen molar-refractivity contribution in [1.82, 2.24) is 0 Å². The van der Waals surface area contributed by atoms with E-state index in [1.807, 2.05) is 0 Å². The third-order valence-electron chi connectivity index (χ3n) is 5.03. The Morgan fingerprint density at radius 2 is 1.51 bits per heavy atom. The van der Waals surface area contributed by atoms with E-state index in [0.717, 1.165) is 30.6 Å². The number of rotatable bonds is 11. The van der Waals surface area contributed by atoms with Crippen LogP contribution in [0.1, 0.15) is 47.7 Å². The summed E-state index contributed by atoms with van der Waals surface area (Å²) in [6, 6.07) is 18.7. The molecule has 0 saturated heterocycles. The molecule has 3 aromatic rings. The average molecular weight is 475 g/mol. The highest BCUT2D eigenvalue weighted by Crippen LogP contribution is 2.18. The van der Waals surface area contributed by atoms with Crippen molar-refractivity contribution in [2.24, 2.45) is 0 Å². The maximum Gasteiger partial charge on any atom is 0.343 e. The molecule has 182 valence electrons. The molecule has 0 fully saturated rings. The third-order valence-corrected chi connectivity index (χ3v) is 5.03. The summed E-state index contributed by atoms with van der Waals surface area (Å²) >= 11 is 0. The molecule has 0 aliphatic heterocycles. The van der Waals surface area contributed by atoms with Crippen molar-refractivity contribution in [3.63, 3.8) is 0 Å². The number of benzene rings is 3. The number of nitrogens with two attached hydrogens (primary N) is 2. The Bertz CT molecular complexity index is 1130. The third kappa shape index (κ3) is 8.55. The first-order chi connectivity index (χ1) is 16.9. The molecule has 4 N–H and O–H groups in total. The van der Waals surface area contributed by atoms with Crippen molar-refractivity contribution in [2.45, 2.75) is 32.8 Å². The van der Waals surface area contributed by atoms with Gasteiger partial charge in [0.2, 0.25) is 0 Å². The van der Waals surface area contributed by atoms with E-state index in [1.54, 1.807) is 72.8 Å². The van der Waals surface area contributed by atoms with Crippen LogP contribution in [0.5, 0.6) is 11.5 Å². The van der Waals surface area contributed by atoms with Crippen LogP contribution in [-0.2, 0) is 16.1 Å². The molecule has 7 nitrogen and oxygen atoms in total. The summed E-state index contributed by atoms with van der Waals surface area (Å²) < 4.78 is 16.3. The molecular weight excluding hydrogens is 444 g/mol. The lowest BCUT2D eigenvalue weighted by Gasteiger charge is -2.07. The zero-order valence-electron chi connectivity index (χ0n) is 19.7. The smallest absolute Gasteiger partial charge is 0.343 e. The van der Waals surface area contributed by atoms with Crippen molar-refractivity contribution in [1.29, 1.82) is 0 Å². The molecule has 0 amide bonds. The van der Waals surface area contributed by atoms with Gasteiger partial charge in [-0.15, -0.1) is 0 Å². The highest BCUT2D eigenvalue weighted by atomic mass is 16.5. The molecule has 0 bridgehead atoms. The molecule has 7 heteroatoms. The molecule has 35 heavy (non-hydrogen) atoms. The van der Waals surface area contributed by atoms with Crippen LogP contribution in [0.15, 0.2) is 72.8 Å². The summed E-state index contributed by atoms with van der Waals surface area (Å²) in [6.07, 6.45) is 6.21. The Labute approximate surface area is 205 Å². The van der Waals surface area contributed by atoms with E-state index >= 15 is 0 Å². The van der Waals surface area contributed by atoms with Crippen molar-refractivity contribution >= 4 is 29.4 Å². The number of unbranched alkanes of at least 4 members (excludes halogenated alkanes) is 2. The van der Waals surface area contributed by atoms with Crippen molar-refractivity contribution in [2.75, 3.05) is 18.1 Å². The van der Waals surface area contributed by atoms with E-state index in [1.165, 1.54) is 6.08 Å². The zero-order chi connectivity index (χ0) is 25.0. The number of ether oxygens (including phenoxy) is 3. The van der Waals surface area contributed by atoms with E-state index in [0.29, 0.717) is 34.9 Å². The topological polar surface area (TPSA) is 114 Å². The second-order valence-corrected chi connectivity index (χ2v) is 7.99. The standard InChI is InChI=1S/C28H30N2O5/c1-2-3-4-15-33-25-12-8-22(9-13-25)28(32)35-26-10-5-20(6-11-26)7-14-27(31)34-19-21-16-23(29)18-24(30)17-21/h5-14,16-18H,2-4,15,19,29-30H2,1H3. The summed E-state index contributed by atoms with van der Waals surface area (Å²) in [7, 11) is 0. The maximum atomic E-state index is 12.4. The van der Waals surface area contributed by atoms with Crippen LogP contribution in [0, 0.1) is 0 Å². The molecule has 0 aliphatic rings. The molecule has 0 radical (unpaired) electrons. The normalized spacial score (nSPS) is 10.8. The van der Waals surface area contributed by atoms with E-state index in [2.05, 4.69) is 6.92 Å². The highest BCUT2D eigenvalue weighted by molar-refractivity contribution is 5.91. The summed E-state index contributed by atoms with van der Waals surface area (Å²) in [5, 5.41) is 0. The highest BCUT2D eigenvalue weighted by Gasteiger charge is 2.09. The molecule has 0 saturated carbocycles. The lowest BCUT2D eigenvalue weighted by molar-refractivity contribution is -0.138. The second kappa shape index (κ2) is 12.8. The lowest BCUT2D eigenvalue weighted by Crippen LogP contribution is -2.08. The SMILES string of the molecule is CCCCCOc1ccc(C(=O)Oc2ccc(C=CC(=O)OCc3cc(N)cc(N)c3)cc2)cc1. The first-order valence-corrected chi connectivity index (χ1v) is 11.5. The van der Waals surface area contributed by atoms with Crippen LogP contribution in [0.4, 0.5) is 11.4 Å². The van der Waals surface area contributed by atoms with Crippen molar-refractivity contribution in [3.8, 4) is 11.5 Å². The van der Waals surface area contributed by atoms with Gasteiger partial charge in [-0.05, 0) is 78.2 Å². The maximum absolute atomic E-state index is 12.4. The summed E-state index contributed by atoms with van der Waals surface area (Å²) in [5.41, 5.74) is 14.4. The molecular formula is C28H30N2O5. The summed E-state index contributed by atoms with van der Waals surface area (Å²) in [5.74, 6) is 0.161. The minimum absolute atomic E-state index is 0.0687. The quantitative estimate of drug-likeness (QED) is 0.126. The lowest BCUT2D eigenvalue weighted by atomic mass is 10.2. The van der Waals surface area contributed by atoms with Gasteiger partial charge in [0.05, 0.1) is 12.2 Å². The predicted molar refractivity (Wildman–Crippen MR) is 137 cm³/mol. The fourth-order valence-corrected chi connectivity index (χ4v) is 3.24. The van der Waals surface area contributed by atoms with Crippen LogP contribution in [0.25, 0.3) is 6.08 Å². The Morgan fingerprint density at radius 3 is 2.17 bits per heavy atom. The van der Waals surface area contributed by atoms with Gasteiger partial charge >= 0.3 is 11.9 Å². The molecule has 0 unspecified atom stereocenters. The minimum atomic E-state index is -0.501. The summed E-state index contributed by atoms with van der Waals surface area (Å²) in [6.45, 7) is 2.87.